The largest absolute Gasteiger partial charge is 0.546 e. The minimum absolute atomic E-state index is 0.0407. The normalized spacial score (nSPS) is 24.5. The molecule has 3 fully saturated rings. The summed E-state index contributed by atoms with van der Waals surface area (Å²) in [5.41, 5.74) is -2.66. The number of ether oxygens (including phenoxy) is 4. The van der Waals surface area contributed by atoms with E-state index in [2.05, 4.69) is 10.3 Å². The lowest BCUT2D eigenvalue weighted by Gasteiger charge is -2.35. The first kappa shape index (κ1) is 88.7. The van der Waals surface area contributed by atoms with Gasteiger partial charge in [-0.05, 0) is 37.9 Å². The van der Waals surface area contributed by atoms with Gasteiger partial charge in [0.1, 0.15) is 30.4 Å². The molecule has 0 aromatic heterocycles. The molecule has 21 nitrogen and oxygen atoms in total. The Morgan fingerprint density at radius 1 is 0.426 bits per heavy atom. The van der Waals surface area contributed by atoms with Gasteiger partial charge in [-0.15, -0.1) is 0 Å². The Kier molecular flexibility index (Phi) is 29.7. The van der Waals surface area contributed by atoms with Gasteiger partial charge >= 0.3 is 24.4 Å². The molecule has 0 aromatic rings. The van der Waals surface area contributed by atoms with Crippen molar-refractivity contribution in [1.29, 1.82) is 0 Å². The average Bonchev–Trinajstić information content (AvgIpc) is 1.62. The number of hydrogen-bond donors (Lipinski definition) is 5. The molecular weight excluding hydrogens is 1200 g/mol. The minimum Gasteiger partial charge on any atom is -0.443 e. The Morgan fingerprint density at radius 3 is 1.11 bits per heavy atom. The van der Waals surface area contributed by atoms with Gasteiger partial charge in [-0.1, -0.05) is 242 Å². The van der Waals surface area contributed by atoms with Crippen LogP contribution in [0.15, 0.2) is 0 Å². The quantitative estimate of drug-likeness (QED) is 0.120. The first-order chi connectivity index (χ1) is 41.3. The van der Waals surface area contributed by atoms with E-state index in [1.54, 1.807) is 27.7 Å². The van der Waals surface area contributed by atoms with Crippen LogP contribution in [0.25, 0.3) is 0 Å². The number of ketones is 5. The molecule has 0 spiro atoms. The van der Waals surface area contributed by atoms with Crippen LogP contribution < -0.4 is 10.3 Å². The number of nitrogens with zero attached hydrogens (tertiary/aromatic N) is 2. The monoisotopic (exact) mass is 1340 g/mol. The van der Waals surface area contributed by atoms with E-state index in [-0.39, 0.29) is 109 Å². The van der Waals surface area contributed by atoms with Crippen LogP contribution in [0.5, 0.6) is 0 Å². The summed E-state index contributed by atoms with van der Waals surface area (Å²) in [6, 6.07) is -2.15. The Bertz CT molecular complexity index is 2710. The summed E-state index contributed by atoms with van der Waals surface area (Å²) in [7, 11) is 0. The third kappa shape index (κ3) is 24.0. The van der Waals surface area contributed by atoms with Crippen molar-refractivity contribution < 1.29 is 87.2 Å². The molecule has 4 rings (SSSR count). The second-order valence-corrected chi connectivity index (χ2v) is 37.4. The fourth-order valence-electron chi connectivity index (χ4n) is 10.3. The van der Waals surface area contributed by atoms with Crippen molar-refractivity contribution >= 4 is 65.1 Å². The summed E-state index contributed by atoms with van der Waals surface area (Å²) in [6.07, 6.45) is -7.02. The van der Waals surface area contributed by atoms with Crippen LogP contribution in [0.2, 0.25) is 0 Å². The number of aliphatic hydroxyl groups is 3. The van der Waals surface area contributed by atoms with E-state index in [1.807, 2.05) is 215 Å². The summed E-state index contributed by atoms with van der Waals surface area (Å²) >= 11 is 0. The van der Waals surface area contributed by atoms with Crippen LogP contribution in [-0.2, 0) is 52.5 Å². The Hall–Kier alpha value is -5.31. The molecule has 4 heterocycles. The summed E-state index contributed by atoms with van der Waals surface area (Å²) in [5, 5.41) is 31.9. The number of imide groups is 2. The predicted octanol–water partition coefficient (Wildman–Crippen LogP) is 11.9. The zero-order valence-electron chi connectivity index (χ0n) is 65.1. The lowest BCUT2D eigenvalue weighted by molar-refractivity contribution is -0.519. The summed E-state index contributed by atoms with van der Waals surface area (Å²) < 4.78 is 21.2. The molecule has 0 aromatic carbocycles. The molecule has 3 saturated heterocycles. The highest BCUT2D eigenvalue weighted by Gasteiger charge is 2.57. The molecule has 15 atom stereocenters. The van der Waals surface area contributed by atoms with Gasteiger partial charge in [0.2, 0.25) is 24.0 Å². The first-order valence-electron chi connectivity index (χ1n) is 33.4. The van der Waals surface area contributed by atoms with Crippen LogP contribution in [-0.4, -0.2) is 151 Å². The lowest BCUT2D eigenvalue weighted by Crippen LogP contribution is -2.82. The van der Waals surface area contributed by atoms with Gasteiger partial charge in [0.15, 0.2) is 35.0 Å². The van der Waals surface area contributed by atoms with Crippen LogP contribution in [0.4, 0.5) is 14.4 Å². The van der Waals surface area contributed by atoms with E-state index in [0.29, 0.717) is 0 Å². The third-order valence-electron chi connectivity index (χ3n) is 19.1. The van der Waals surface area contributed by atoms with Crippen molar-refractivity contribution in [2.75, 3.05) is 0 Å². The summed E-state index contributed by atoms with van der Waals surface area (Å²) in [6.45, 7) is 70.6. The molecule has 10 unspecified atom stereocenters. The number of carbonyl (C=O) groups excluding carboxylic acids is 10. The van der Waals surface area contributed by atoms with Crippen molar-refractivity contribution in [3.63, 3.8) is 0 Å². The lowest BCUT2D eigenvalue weighted by atomic mass is 9.74. The van der Waals surface area contributed by atoms with Crippen molar-refractivity contribution in [3.8, 4) is 0 Å². The molecule has 0 aliphatic carbocycles. The molecule has 544 valence electrons. The number of aliphatic hydroxyl groups excluding tert-OH is 3. The van der Waals surface area contributed by atoms with Gasteiger partial charge in [-0.25, -0.2) is 24.2 Å². The standard InChI is InChI=1S/2C16H27NO4.2C14H25NO3.C13H26O3/c1-9(15(3,4)5)12(19)11-13(16(6,7)8)21-14(20)17(11)10(2)18;1-9(15(3,4)5)11(19)12-13(16(6,7)8)17(10(2)18)14(20)21-12;1-8(13(2,3)4)10(16)9-11(14(5,6)7)18-12(17)15-9;1-8(13(2,3)4)9(16)10-11(14(5,6)7)15-12(17)18-10;1-8(12(2,3)4)9(14)10(15)11(16)13(5,6)7/h9,11,13H,1-8H3;9,12-13H,1-8H3;8-9,11H,1-7H3,(H,15,17);8,10-11H,1-7H3,(H,15,17);8,10-11,15-16H,1-7H3/p+1/t9-,11?,13?;9-,12?,13?;8-,9?,11?;2*8-,10?,11?/m00000/s1. The van der Waals surface area contributed by atoms with Crippen molar-refractivity contribution in [2.24, 2.45) is 83.7 Å². The molecule has 0 bridgehead atoms. The Labute approximate surface area is 565 Å². The van der Waals surface area contributed by atoms with Crippen LogP contribution in [0, 0.1) is 83.7 Å². The zero-order chi connectivity index (χ0) is 75.4. The van der Waals surface area contributed by atoms with Gasteiger partial charge in [-0.2, -0.15) is 4.99 Å². The maximum Gasteiger partial charge on any atom is 0.546 e. The van der Waals surface area contributed by atoms with E-state index >= 15 is 0 Å². The maximum absolute atomic E-state index is 12.9. The fraction of sp³-hybridized carbons (Fsp3) is 0.849. The predicted molar refractivity (Wildman–Crippen MR) is 365 cm³/mol. The fourth-order valence-corrected chi connectivity index (χ4v) is 10.3. The van der Waals surface area contributed by atoms with Gasteiger partial charge < -0.3 is 39.6 Å². The molecule has 4 aliphatic rings. The zero-order valence-corrected chi connectivity index (χ0v) is 65.1. The second kappa shape index (κ2) is 31.5. The van der Waals surface area contributed by atoms with Crippen LogP contribution >= 0.6 is 0 Å². The van der Waals surface area contributed by atoms with E-state index in [4.69, 9.17) is 18.9 Å². The summed E-state index contributed by atoms with van der Waals surface area (Å²) in [5.74, 6) is -2.38. The molecular formula is C73H131N4O17+. The Balaban J connectivity index is 0.00000115. The van der Waals surface area contributed by atoms with Crippen molar-refractivity contribution in [2.45, 2.75) is 317 Å². The van der Waals surface area contributed by atoms with E-state index in [1.165, 1.54) is 13.8 Å². The van der Waals surface area contributed by atoms with Gasteiger partial charge in [-0.3, -0.25) is 33.6 Å². The molecule has 5 amide bonds. The number of rotatable bonds is 11. The molecule has 21 heteroatoms. The van der Waals surface area contributed by atoms with E-state index in [0.717, 1.165) is 9.80 Å². The minimum atomic E-state index is -1.30. The van der Waals surface area contributed by atoms with Crippen LogP contribution in [0.3, 0.4) is 0 Å². The first-order valence-corrected chi connectivity index (χ1v) is 33.4. The third-order valence-corrected chi connectivity index (χ3v) is 19.1. The number of cyclic esters (lactones) is 3. The molecule has 0 saturated carbocycles. The Morgan fingerprint density at radius 2 is 0.777 bits per heavy atom. The van der Waals surface area contributed by atoms with Gasteiger partial charge in [0.25, 0.3) is 0 Å². The molecule has 0 radical (unpaired) electrons. The van der Waals surface area contributed by atoms with Crippen LogP contribution in [0.1, 0.15) is 256 Å². The highest BCUT2D eigenvalue weighted by Crippen LogP contribution is 2.41. The molecule has 5 N–H and O–H groups in total. The van der Waals surface area contributed by atoms with E-state index < -0.39 is 101 Å². The molecule has 4 aliphatic heterocycles. The SMILES string of the molecule is CC(=O)N1C(=O)OC(C(=O)[C@H](C)C(C)(C)C)C1C(C)(C)C.CC(=O)N1C(=O)OC(C(C)(C)C)C1C(=O)[C@H](C)C(C)(C)C.C[C@@H](C(=O)C(O)C(O)C(C)(C)C)C(C)(C)C.C[C@@H](C(=O)C1NC(=O)OC1C(C)(C)C)C(C)(C)C.C[C@@H](C(=O)C1OC(O)=[NH+]C1C(C)(C)C)C(C)(C)C. The maximum atomic E-state index is 12.9. The molecule has 94 heavy (non-hydrogen) atoms. The van der Waals surface area contributed by atoms with Crippen molar-refractivity contribution in [3.05, 3.63) is 0 Å². The number of Topliss-reactive ketones (excluding diaryl/α,β-unsaturated/α-hetero) is 5. The average molecular weight is 1340 g/mol. The highest BCUT2D eigenvalue weighted by molar-refractivity contribution is 6.01. The van der Waals surface area contributed by atoms with E-state index in [9.17, 15) is 63.3 Å². The number of alkyl carbamates (subject to hydrolysis) is 1. The smallest absolute Gasteiger partial charge is 0.443 e. The number of carbonyl (C=O) groups is 10. The van der Waals surface area contributed by atoms with Gasteiger partial charge in [0.05, 0.1) is 12.1 Å². The van der Waals surface area contributed by atoms with Gasteiger partial charge in [0, 0.05) is 59.7 Å². The highest BCUT2D eigenvalue weighted by atomic mass is 16.6. The van der Waals surface area contributed by atoms with Crippen molar-refractivity contribution in [1.82, 2.24) is 15.1 Å². The topological polar surface area (TPSA) is 301 Å². The number of amides is 5. The summed E-state index contributed by atoms with van der Waals surface area (Å²) in [4.78, 5) is 126. The number of nitrogens with one attached hydrogen (secondary N) is 2. The second-order valence-electron chi connectivity index (χ2n) is 37.4. The number of hydrogen-bond acceptors (Lipinski definition) is 16.